The molecule has 3 rings (SSSR count). The van der Waals surface area contributed by atoms with E-state index in [1.165, 1.54) is 40.5 Å². The van der Waals surface area contributed by atoms with E-state index in [4.69, 9.17) is 0 Å². The van der Waals surface area contributed by atoms with Crippen molar-refractivity contribution in [1.82, 2.24) is 18.9 Å². The van der Waals surface area contributed by atoms with Gasteiger partial charge < -0.3 is 4.74 Å². The average Bonchev–Trinajstić information content (AvgIpc) is 3.11. The number of alkyl halides is 2. The summed E-state index contributed by atoms with van der Waals surface area (Å²) in [4.78, 5) is 0.168. The second kappa shape index (κ2) is 9.27. The van der Waals surface area contributed by atoms with Gasteiger partial charge in [-0.15, -0.1) is 10.2 Å². The maximum absolute atomic E-state index is 12.8. The molecular formula is C19H22F2N4O3S2. The Balaban J connectivity index is 1.86. The summed E-state index contributed by atoms with van der Waals surface area (Å²) in [5.41, 5.74) is 1.41. The fourth-order valence-electron chi connectivity index (χ4n) is 2.94. The number of halogens is 2. The van der Waals surface area contributed by atoms with Crippen molar-refractivity contribution in [3.63, 3.8) is 0 Å². The highest BCUT2D eigenvalue weighted by molar-refractivity contribution is 7.99. The van der Waals surface area contributed by atoms with Gasteiger partial charge in [0.05, 0.1) is 4.90 Å². The number of nitrogens with zero attached hydrogens (tertiary/aromatic N) is 4. The normalized spacial score (nSPS) is 13.3. The van der Waals surface area contributed by atoms with Crippen molar-refractivity contribution in [3.05, 3.63) is 48.2 Å². The van der Waals surface area contributed by atoms with E-state index in [1.54, 1.807) is 36.4 Å². The summed E-state index contributed by atoms with van der Waals surface area (Å²) in [6.07, 6.45) is 1.53. The van der Waals surface area contributed by atoms with Crippen molar-refractivity contribution in [2.24, 2.45) is 0 Å². The zero-order valence-electron chi connectivity index (χ0n) is 16.7. The van der Waals surface area contributed by atoms with Crippen molar-refractivity contribution in [2.75, 3.05) is 13.1 Å². The summed E-state index contributed by atoms with van der Waals surface area (Å²) < 4.78 is 57.6. The largest absolute Gasteiger partial charge is 0.435 e. The SMILES string of the molecule is CCN(CC)S(=O)(=O)c1ccc2nnc(SC(C)c3ccc(OC(F)F)cc3)n2c1. The lowest BCUT2D eigenvalue weighted by Gasteiger charge is -2.18. The molecule has 2 heterocycles. The molecule has 0 fully saturated rings. The van der Waals surface area contributed by atoms with Gasteiger partial charge in [-0.1, -0.05) is 37.7 Å². The van der Waals surface area contributed by atoms with E-state index in [2.05, 4.69) is 14.9 Å². The maximum Gasteiger partial charge on any atom is 0.387 e. The summed E-state index contributed by atoms with van der Waals surface area (Å²) in [6.45, 7) is 3.40. The molecule has 0 radical (unpaired) electrons. The standard InChI is InChI=1S/C19H22F2N4O3S2/c1-4-24(5-2)30(26,27)16-10-11-17-22-23-19(25(17)12-16)29-13(3)14-6-8-15(9-7-14)28-18(20)21/h6-13,18H,4-5H2,1-3H3. The van der Waals surface area contributed by atoms with Gasteiger partial charge in [-0.05, 0) is 36.8 Å². The predicted molar refractivity (Wildman–Crippen MR) is 110 cm³/mol. The molecule has 1 atom stereocenters. The predicted octanol–water partition coefficient (Wildman–Crippen LogP) is 4.21. The first-order valence-corrected chi connectivity index (χ1v) is 11.6. The lowest BCUT2D eigenvalue weighted by molar-refractivity contribution is -0.0498. The molecule has 30 heavy (non-hydrogen) atoms. The summed E-state index contributed by atoms with van der Waals surface area (Å²) in [6, 6.07) is 9.51. The Bertz CT molecular complexity index is 1100. The number of benzene rings is 1. The number of ether oxygens (including phenoxy) is 1. The smallest absolute Gasteiger partial charge is 0.387 e. The summed E-state index contributed by atoms with van der Waals surface area (Å²) in [5, 5.41) is 8.72. The molecule has 0 aliphatic carbocycles. The van der Waals surface area contributed by atoms with Gasteiger partial charge in [0.25, 0.3) is 0 Å². The van der Waals surface area contributed by atoms with Crippen molar-refractivity contribution >= 4 is 27.4 Å². The van der Waals surface area contributed by atoms with E-state index < -0.39 is 16.6 Å². The minimum Gasteiger partial charge on any atom is -0.435 e. The number of hydrogen-bond donors (Lipinski definition) is 0. The molecule has 11 heteroatoms. The van der Waals surface area contributed by atoms with Crippen LogP contribution in [-0.2, 0) is 10.0 Å². The zero-order valence-corrected chi connectivity index (χ0v) is 18.3. The number of aromatic nitrogens is 3. The van der Waals surface area contributed by atoms with Crippen molar-refractivity contribution in [1.29, 1.82) is 0 Å². The van der Waals surface area contributed by atoms with Crippen molar-refractivity contribution in [3.8, 4) is 5.75 Å². The van der Waals surface area contributed by atoms with Crippen LogP contribution in [-0.4, -0.2) is 47.0 Å². The molecule has 0 amide bonds. The van der Waals surface area contributed by atoms with Gasteiger partial charge >= 0.3 is 6.61 Å². The minimum absolute atomic E-state index is 0.0824. The molecule has 0 aliphatic rings. The fourth-order valence-corrected chi connectivity index (χ4v) is 5.36. The van der Waals surface area contributed by atoms with Crippen molar-refractivity contribution in [2.45, 2.75) is 42.7 Å². The van der Waals surface area contributed by atoms with Crippen LogP contribution in [0.15, 0.2) is 52.6 Å². The molecule has 0 N–H and O–H groups in total. The third kappa shape index (κ3) is 4.73. The van der Waals surface area contributed by atoms with Crippen LogP contribution < -0.4 is 4.74 Å². The molecule has 1 unspecified atom stereocenters. The van der Waals surface area contributed by atoms with E-state index in [0.29, 0.717) is 23.9 Å². The van der Waals surface area contributed by atoms with Gasteiger partial charge in [-0.25, -0.2) is 8.42 Å². The third-order valence-electron chi connectivity index (χ3n) is 4.54. The van der Waals surface area contributed by atoms with E-state index >= 15 is 0 Å². The Morgan fingerprint density at radius 2 is 1.77 bits per heavy atom. The first-order valence-electron chi connectivity index (χ1n) is 9.32. The Morgan fingerprint density at radius 3 is 2.37 bits per heavy atom. The van der Waals surface area contributed by atoms with E-state index in [1.807, 2.05) is 6.92 Å². The van der Waals surface area contributed by atoms with Crippen LogP contribution in [0, 0.1) is 0 Å². The number of fused-ring (bicyclic) bond motifs is 1. The summed E-state index contributed by atoms with van der Waals surface area (Å²) in [7, 11) is -3.61. The molecular weight excluding hydrogens is 434 g/mol. The Hall–Kier alpha value is -2.24. The number of thioether (sulfide) groups is 1. The Labute approximate surface area is 178 Å². The Morgan fingerprint density at radius 1 is 1.10 bits per heavy atom. The minimum atomic E-state index is -3.61. The third-order valence-corrected chi connectivity index (χ3v) is 7.69. The molecule has 3 aromatic rings. The Kier molecular flexibility index (Phi) is 6.94. The monoisotopic (exact) mass is 456 g/mol. The lowest BCUT2D eigenvalue weighted by Crippen LogP contribution is -2.30. The number of pyridine rings is 1. The quantitative estimate of drug-likeness (QED) is 0.449. The first kappa shape index (κ1) is 22.4. The molecule has 162 valence electrons. The number of sulfonamides is 1. The van der Waals surface area contributed by atoms with Gasteiger partial charge in [0.2, 0.25) is 10.0 Å². The van der Waals surface area contributed by atoms with Gasteiger partial charge in [0.1, 0.15) is 5.75 Å². The molecule has 0 saturated heterocycles. The van der Waals surface area contributed by atoms with Crippen LogP contribution in [0.25, 0.3) is 5.65 Å². The van der Waals surface area contributed by atoms with Crippen LogP contribution in [0.4, 0.5) is 8.78 Å². The average molecular weight is 457 g/mol. The van der Waals surface area contributed by atoms with E-state index in [9.17, 15) is 17.2 Å². The van der Waals surface area contributed by atoms with Crippen LogP contribution in [0.1, 0.15) is 31.6 Å². The summed E-state index contributed by atoms with van der Waals surface area (Å²) >= 11 is 1.38. The van der Waals surface area contributed by atoms with Crippen molar-refractivity contribution < 1.29 is 21.9 Å². The lowest BCUT2D eigenvalue weighted by atomic mass is 10.2. The maximum atomic E-state index is 12.8. The molecule has 0 saturated carbocycles. The molecule has 1 aromatic carbocycles. The second-order valence-corrected chi connectivity index (χ2v) is 9.62. The van der Waals surface area contributed by atoms with Gasteiger partial charge in [0, 0.05) is 24.5 Å². The number of hydrogen-bond acceptors (Lipinski definition) is 6. The fraction of sp³-hybridized carbons (Fsp3) is 0.368. The highest BCUT2D eigenvalue weighted by Crippen LogP contribution is 2.35. The highest BCUT2D eigenvalue weighted by Gasteiger charge is 2.23. The number of rotatable bonds is 9. The van der Waals surface area contributed by atoms with Gasteiger partial charge in [-0.3, -0.25) is 4.40 Å². The van der Waals surface area contributed by atoms with Gasteiger partial charge in [-0.2, -0.15) is 13.1 Å². The van der Waals surface area contributed by atoms with Crippen LogP contribution in [0.3, 0.4) is 0 Å². The van der Waals surface area contributed by atoms with E-state index in [0.717, 1.165) is 5.56 Å². The summed E-state index contributed by atoms with van der Waals surface area (Å²) in [5.74, 6) is 0.0881. The molecule has 0 aliphatic heterocycles. The van der Waals surface area contributed by atoms with Crippen LogP contribution in [0.2, 0.25) is 0 Å². The second-order valence-electron chi connectivity index (χ2n) is 6.37. The highest BCUT2D eigenvalue weighted by atomic mass is 32.2. The first-order chi connectivity index (χ1) is 14.3. The molecule has 2 aromatic heterocycles. The molecule has 7 nitrogen and oxygen atoms in total. The molecule has 0 spiro atoms. The van der Waals surface area contributed by atoms with Crippen LogP contribution >= 0.6 is 11.8 Å². The van der Waals surface area contributed by atoms with Gasteiger partial charge in [0.15, 0.2) is 10.8 Å². The van der Waals surface area contributed by atoms with Crippen LogP contribution in [0.5, 0.6) is 5.75 Å². The molecule has 0 bridgehead atoms. The van der Waals surface area contributed by atoms with E-state index in [-0.39, 0.29) is 15.9 Å². The topological polar surface area (TPSA) is 76.8 Å². The zero-order chi connectivity index (χ0) is 21.9.